The standard InChI is InChI=1S/C24H30N2O3.ClH/c27-23(21-4-2-1-3-5-21)18-24(28)10-12-25(13-11-24)19-20-6-8-22(9-7-20)26-14-16-29-17-15-26;/h1-9,28H,10-19H2;1H. The van der Waals surface area contributed by atoms with Gasteiger partial charge in [-0.25, -0.2) is 0 Å². The van der Waals surface area contributed by atoms with E-state index in [9.17, 15) is 9.90 Å². The summed E-state index contributed by atoms with van der Waals surface area (Å²) in [6.45, 7) is 5.99. The summed E-state index contributed by atoms with van der Waals surface area (Å²) in [5, 5.41) is 10.9. The van der Waals surface area contributed by atoms with Crippen LogP contribution in [0.2, 0.25) is 0 Å². The zero-order chi connectivity index (χ0) is 20.1. The third-order valence-corrected chi connectivity index (χ3v) is 6.09. The van der Waals surface area contributed by atoms with Crippen molar-refractivity contribution in [3.05, 3.63) is 65.7 Å². The van der Waals surface area contributed by atoms with Crippen LogP contribution in [0, 0.1) is 0 Å². The molecule has 0 radical (unpaired) electrons. The van der Waals surface area contributed by atoms with Gasteiger partial charge in [-0.05, 0) is 30.5 Å². The van der Waals surface area contributed by atoms with Gasteiger partial charge in [0.25, 0.3) is 0 Å². The van der Waals surface area contributed by atoms with E-state index >= 15 is 0 Å². The molecule has 30 heavy (non-hydrogen) atoms. The summed E-state index contributed by atoms with van der Waals surface area (Å²) >= 11 is 0. The number of benzene rings is 2. The fourth-order valence-corrected chi connectivity index (χ4v) is 4.22. The van der Waals surface area contributed by atoms with Crippen LogP contribution in [0.4, 0.5) is 5.69 Å². The molecule has 162 valence electrons. The molecule has 2 aromatic rings. The van der Waals surface area contributed by atoms with E-state index < -0.39 is 5.60 Å². The summed E-state index contributed by atoms with van der Waals surface area (Å²) in [4.78, 5) is 17.2. The minimum atomic E-state index is -0.885. The summed E-state index contributed by atoms with van der Waals surface area (Å²) in [5.41, 5.74) is 2.34. The van der Waals surface area contributed by atoms with Crippen LogP contribution in [0.5, 0.6) is 0 Å². The second kappa shape index (κ2) is 10.4. The van der Waals surface area contributed by atoms with Crippen molar-refractivity contribution < 1.29 is 14.6 Å². The van der Waals surface area contributed by atoms with Gasteiger partial charge in [-0.3, -0.25) is 9.69 Å². The number of ketones is 1. The number of rotatable bonds is 6. The number of carbonyl (C=O) groups is 1. The van der Waals surface area contributed by atoms with Crippen molar-refractivity contribution >= 4 is 23.9 Å². The van der Waals surface area contributed by atoms with Gasteiger partial charge < -0.3 is 14.7 Å². The van der Waals surface area contributed by atoms with Gasteiger partial charge in [0.2, 0.25) is 0 Å². The molecule has 2 heterocycles. The van der Waals surface area contributed by atoms with E-state index in [1.165, 1.54) is 11.3 Å². The number of morpholine rings is 1. The number of halogens is 1. The van der Waals surface area contributed by atoms with Crippen LogP contribution >= 0.6 is 12.4 Å². The number of hydrogen-bond acceptors (Lipinski definition) is 5. The molecule has 0 aliphatic carbocycles. The van der Waals surface area contributed by atoms with Crippen molar-refractivity contribution in [3.8, 4) is 0 Å². The Hall–Kier alpha value is -1.92. The van der Waals surface area contributed by atoms with Crippen LogP contribution in [0.3, 0.4) is 0 Å². The topological polar surface area (TPSA) is 53.0 Å². The Kier molecular flexibility index (Phi) is 7.89. The maximum Gasteiger partial charge on any atom is 0.165 e. The number of piperidine rings is 1. The van der Waals surface area contributed by atoms with Gasteiger partial charge in [-0.15, -0.1) is 12.4 Å². The summed E-state index contributed by atoms with van der Waals surface area (Å²) in [5.74, 6) is 0.0280. The molecule has 0 saturated carbocycles. The molecular weight excluding hydrogens is 400 g/mol. The number of nitrogens with zero attached hydrogens (tertiary/aromatic N) is 2. The van der Waals surface area contributed by atoms with E-state index in [1.807, 2.05) is 30.3 Å². The molecule has 5 nitrogen and oxygen atoms in total. The number of anilines is 1. The smallest absolute Gasteiger partial charge is 0.165 e. The zero-order valence-electron chi connectivity index (χ0n) is 17.3. The number of ether oxygens (including phenoxy) is 1. The molecule has 2 aliphatic heterocycles. The lowest BCUT2D eigenvalue weighted by atomic mass is 9.85. The van der Waals surface area contributed by atoms with Crippen molar-refractivity contribution in [3.63, 3.8) is 0 Å². The lowest BCUT2D eigenvalue weighted by Crippen LogP contribution is -2.45. The van der Waals surface area contributed by atoms with E-state index in [2.05, 4.69) is 34.1 Å². The van der Waals surface area contributed by atoms with Crippen molar-refractivity contribution in [1.29, 1.82) is 0 Å². The predicted molar refractivity (Wildman–Crippen MR) is 122 cm³/mol. The second-order valence-corrected chi connectivity index (χ2v) is 8.23. The molecule has 2 saturated heterocycles. The first-order valence-corrected chi connectivity index (χ1v) is 10.6. The van der Waals surface area contributed by atoms with E-state index in [-0.39, 0.29) is 24.6 Å². The average Bonchev–Trinajstić information content (AvgIpc) is 2.77. The molecule has 0 unspecified atom stereocenters. The molecule has 4 rings (SSSR count). The third-order valence-electron chi connectivity index (χ3n) is 6.09. The Morgan fingerprint density at radius 3 is 2.20 bits per heavy atom. The third kappa shape index (κ3) is 5.82. The highest BCUT2D eigenvalue weighted by Gasteiger charge is 2.34. The Balaban J connectivity index is 0.00000256. The van der Waals surface area contributed by atoms with Gasteiger partial charge in [0.05, 0.1) is 18.8 Å². The lowest BCUT2D eigenvalue weighted by molar-refractivity contribution is -0.0241. The van der Waals surface area contributed by atoms with Gasteiger partial charge in [0.15, 0.2) is 5.78 Å². The zero-order valence-corrected chi connectivity index (χ0v) is 18.2. The number of likely N-dealkylation sites (tertiary alicyclic amines) is 1. The van der Waals surface area contributed by atoms with E-state index in [4.69, 9.17) is 4.74 Å². The molecule has 2 aliphatic rings. The first kappa shape index (κ1) is 22.8. The fourth-order valence-electron chi connectivity index (χ4n) is 4.22. The Morgan fingerprint density at radius 2 is 1.57 bits per heavy atom. The molecule has 0 aromatic heterocycles. The minimum absolute atomic E-state index is 0. The molecule has 0 atom stereocenters. The van der Waals surface area contributed by atoms with Crippen LogP contribution in [-0.2, 0) is 11.3 Å². The highest BCUT2D eigenvalue weighted by atomic mass is 35.5. The quantitative estimate of drug-likeness (QED) is 0.710. The highest BCUT2D eigenvalue weighted by molar-refractivity contribution is 5.96. The molecule has 2 fully saturated rings. The predicted octanol–water partition coefficient (Wildman–Crippen LogP) is 3.54. The first-order chi connectivity index (χ1) is 14.1. The first-order valence-electron chi connectivity index (χ1n) is 10.6. The molecule has 0 bridgehead atoms. The summed E-state index contributed by atoms with van der Waals surface area (Å²) in [6, 6.07) is 18.1. The van der Waals surface area contributed by atoms with Crippen molar-refractivity contribution in [2.24, 2.45) is 0 Å². The largest absolute Gasteiger partial charge is 0.389 e. The number of carbonyl (C=O) groups excluding carboxylic acids is 1. The van der Waals surface area contributed by atoms with Gasteiger partial charge in [-0.2, -0.15) is 0 Å². The van der Waals surface area contributed by atoms with Gasteiger partial charge in [0.1, 0.15) is 0 Å². The van der Waals surface area contributed by atoms with Crippen LogP contribution in [-0.4, -0.2) is 60.8 Å². The molecule has 2 aromatic carbocycles. The number of Topliss-reactive ketones (excluding diaryl/α,β-unsaturated/α-hetero) is 1. The Bertz CT molecular complexity index is 799. The molecule has 0 spiro atoms. The average molecular weight is 431 g/mol. The van der Waals surface area contributed by atoms with Crippen LogP contribution in [0.25, 0.3) is 0 Å². The van der Waals surface area contributed by atoms with Crippen molar-refractivity contribution in [1.82, 2.24) is 4.90 Å². The minimum Gasteiger partial charge on any atom is -0.389 e. The number of hydrogen-bond donors (Lipinski definition) is 1. The normalized spacial score (nSPS) is 19.2. The van der Waals surface area contributed by atoms with E-state index in [0.717, 1.165) is 45.9 Å². The molecular formula is C24H31ClN2O3. The number of aliphatic hydroxyl groups is 1. The SMILES string of the molecule is Cl.O=C(CC1(O)CCN(Cc2ccc(N3CCOCC3)cc2)CC1)c1ccccc1. The van der Waals surface area contributed by atoms with Crippen LogP contribution < -0.4 is 4.90 Å². The van der Waals surface area contributed by atoms with Gasteiger partial charge in [0, 0.05) is 50.4 Å². The monoisotopic (exact) mass is 430 g/mol. The molecule has 0 amide bonds. The summed E-state index contributed by atoms with van der Waals surface area (Å²) < 4.78 is 5.42. The Morgan fingerprint density at radius 1 is 0.933 bits per heavy atom. The van der Waals surface area contributed by atoms with Crippen molar-refractivity contribution in [2.45, 2.75) is 31.4 Å². The molecule has 1 N–H and O–H groups in total. The lowest BCUT2D eigenvalue weighted by Gasteiger charge is -2.38. The summed E-state index contributed by atoms with van der Waals surface area (Å²) in [7, 11) is 0. The maximum absolute atomic E-state index is 12.5. The van der Waals surface area contributed by atoms with Crippen LogP contribution in [0.1, 0.15) is 35.2 Å². The summed E-state index contributed by atoms with van der Waals surface area (Å²) in [6.07, 6.45) is 1.48. The maximum atomic E-state index is 12.5. The Labute approximate surface area is 185 Å². The van der Waals surface area contributed by atoms with Gasteiger partial charge >= 0.3 is 0 Å². The highest BCUT2D eigenvalue weighted by Crippen LogP contribution is 2.28. The second-order valence-electron chi connectivity index (χ2n) is 8.23. The van der Waals surface area contributed by atoms with E-state index in [1.54, 1.807) is 0 Å². The van der Waals surface area contributed by atoms with Gasteiger partial charge in [-0.1, -0.05) is 42.5 Å². The van der Waals surface area contributed by atoms with E-state index in [0.29, 0.717) is 18.4 Å². The van der Waals surface area contributed by atoms with Crippen molar-refractivity contribution in [2.75, 3.05) is 44.3 Å². The van der Waals surface area contributed by atoms with Crippen LogP contribution in [0.15, 0.2) is 54.6 Å². The molecule has 6 heteroatoms. The fraction of sp³-hybridized carbons (Fsp3) is 0.458.